The van der Waals surface area contributed by atoms with Crippen LogP contribution in [0, 0.1) is 5.41 Å². The van der Waals surface area contributed by atoms with Gasteiger partial charge in [0.2, 0.25) is 0 Å². The van der Waals surface area contributed by atoms with Gasteiger partial charge in [-0.3, -0.25) is 4.98 Å². The van der Waals surface area contributed by atoms with E-state index in [4.69, 9.17) is 0 Å². The van der Waals surface area contributed by atoms with E-state index in [1.165, 1.54) is 0 Å². The van der Waals surface area contributed by atoms with E-state index in [9.17, 15) is 0 Å². The molecule has 0 amide bonds. The lowest BCUT2D eigenvalue weighted by Gasteiger charge is -2.18. The van der Waals surface area contributed by atoms with E-state index >= 15 is 0 Å². The van der Waals surface area contributed by atoms with Crippen LogP contribution in [0.15, 0.2) is 30.5 Å². The van der Waals surface area contributed by atoms with Gasteiger partial charge in [-0.1, -0.05) is 32.9 Å². The molecule has 0 aliphatic rings. The highest BCUT2D eigenvalue weighted by Crippen LogP contribution is 2.15. The summed E-state index contributed by atoms with van der Waals surface area (Å²) in [5.74, 6) is 0.841. The second-order valence-electron chi connectivity index (χ2n) is 5.16. The normalized spacial score (nSPS) is 11.7. The Hall–Kier alpha value is -1.64. The van der Waals surface area contributed by atoms with E-state index in [1.54, 1.807) is 6.20 Å². The smallest absolute Gasteiger partial charge is 0.145 e. The second-order valence-corrected chi connectivity index (χ2v) is 5.16. The van der Waals surface area contributed by atoms with Crippen molar-refractivity contribution in [3.63, 3.8) is 0 Å². The molecule has 16 heavy (non-hydrogen) atoms. The summed E-state index contributed by atoms with van der Waals surface area (Å²) in [5.41, 5.74) is 2.11. The molecule has 3 heteroatoms. The average molecular weight is 215 g/mol. The van der Waals surface area contributed by atoms with Crippen LogP contribution in [0.25, 0.3) is 11.0 Å². The van der Waals surface area contributed by atoms with Crippen molar-refractivity contribution >= 4 is 16.9 Å². The molecule has 0 aliphatic heterocycles. The highest BCUT2D eigenvalue weighted by molar-refractivity contribution is 5.75. The monoisotopic (exact) mass is 215 g/mol. The molecular formula is C13H17N3. The second kappa shape index (κ2) is 4.08. The molecule has 2 rings (SSSR count). The number of nitrogens with one attached hydrogen (secondary N) is 1. The molecule has 0 saturated heterocycles. The Morgan fingerprint density at radius 3 is 2.50 bits per heavy atom. The lowest BCUT2D eigenvalue weighted by molar-refractivity contribution is 0.442. The molecule has 84 valence electrons. The zero-order valence-corrected chi connectivity index (χ0v) is 9.99. The summed E-state index contributed by atoms with van der Waals surface area (Å²) < 4.78 is 0. The van der Waals surface area contributed by atoms with E-state index in [-0.39, 0.29) is 5.41 Å². The maximum Gasteiger partial charge on any atom is 0.145 e. The van der Waals surface area contributed by atoms with Crippen LogP contribution in [0.2, 0.25) is 0 Å². The van der Waals surface area contributed by atoms with Crippen molar-refractivity contribution < 1.29 is 0 Å². The molecule has 0 bridgehead atoms. The number of hydrogen-bond acceptors (Lipinski definition) is 3. The molecule has 1 heterocycles. The van der Waals surface area contributed by atoms with Gasteiger partial charge in [-0.25, -0.2) is 4.98 Å². The molecule has 0 spiro atoms. The summed E-state index contributed by atoms with van der Waals surface area (Å²) in [6.07, 6.45) is 1.79. The minimum atomic E-state index is 0.243. The van der Waals surface area contributed by atoms with Crippen molar-refractivity contribution in [1.29, 1.82) is 0 Å². The number of nitrogens with zero attached hydrogens (tertiary/aromatic N) is 2. The molecule has 3 nitrogen and oxygen atoms in total. The first-order chi connectivity index (χ1) is 7.54. The minimum Gasteiger partial charge on any atom is -0.368 e. The third kappa shape index (κ3) is 2.69. The molecule has 1 aromatic heterocycles. The Morgan fingerprint density at radius 1 is 1.12 bits per heavy atom. The molecule has 0 fully saturated rings. The van der Waals surface area contributed by atoms with Gasteiger partial charge in [-0.2, -0.15) is 0 Å². The van der Waals surface area contributed by atoms with Gasteiger partial charge in [0, 0.05) is 6.54 Å². The summed E-state index contributed by atoms with van der Waals surface area (Å²) >= 11 is 0. The van der Waals surface area contributed by atoms with Crippen molar-refractivity contribution in [2.45, 2.75) is 20.8 Å². The summed E-state index contributed by atoms with van der Waals surface area (Å²) in [4.78, 5) is 8.86. The molecule has 0 aliphatic carbocycles. The van der Waals surface area contributed by atoms with Crippen molar-refractivity contribution in [3.8, 4) is 0 Å². The Balaban J connectivity index is 2.20. The number of aromatic nitrogens is 2. The molecular weight excluding hydrogens is 198 g/mol. The van der Waals surface area contributed by atoms with Gasteiger partial charge in [0.15, 0.2) is 0 Å². The Morgan fingerprint density at radius 2 is 1.81 bits per heavy atom. The molecule has 0 saturated carbocycles. The highest BCUT2D eigenvalue weighted by Gasteiger charge is 2.09. The van der Waals surface area contributed by atoms with Crippen LogP contribution >= 0.6 is 0 Å². The molecule has 0 unspecified atom stereocenters. The van der Waals surface area contributed by atoms with Gasteiger partial charge in [-0.05, 0) is 17.5 Å². The van der Waals surface area contributed by atoms with Crippen molar-refractivity contribution in [2.75, 3.05) is 11.9 Å². The number of anilines is 1. The maximum absolute atomic E-state index is 4.50. The third-order valence-electron chi connectivity index (χ3n) is 2.25. The van der Waals surface area contributed by atoms with Crippen LogP contribution in [-0.2, 0) is 0 Å². The van der Waals surface area contributed by atoms with Gasteiger partial charge < -0.3 is 5.32 Å². The van der Waals surface area contributed by atoms with Crippen LogP contribution in [0.1, 0.15) is 20.8 Å². The Kier molecular flexibility index (Phi) is 2.77. The van der Waals surface area contributed by atoms with Gasteiger partial charge in [0.1, 0.15) is 5.82 Å². The van der Waals surface area contributed by atoms with Crippen LogP contribution in [0.4, 0.5) is 5.82 Å². The Bertz CT molecular complexity index is 486. The van der Waals surface area contributed by atoms with Gasteiger partial charge in [0.05, 0.1) is 17.2 Å². The molecule has 1 N–H and O–H groups in total. The van der Waals surface area contributed by atoms with Crippen molar-refractivity contribution in [3.05, 3.63) is 30.5 Å². The van der Waals surface area contributed by atoms with Crippen LogP contribution < -0.4 is 5.32 Å². The largest absolute Gasteiger partial charge is 0.368 e. The summed E-state index contributed by atoms with van der Waals surface area (Å²) in [6.45, 7) is 7.46. The van der Waals surface area contributed by atoms with Gasteiger partial charge in [0.25, 0.3) is 0 Å². The fraction of sp³-hybridized carbons (Fsp3) is 0.385. The SMILES string of the molecule is CC(C)(C)CNc1cnc2ccccc2n1. The number of hydrogen-bond donors (Lipinski definition) is 1. The number of benzene rings is 1. The standard InChI is InChI=1S/C13H17N3/c1-13(2,3)9-15-12-8-14-10-6-4-5-7-11(10)16-12/h4-8H,9H2,1-3H3,(H,15,16). The zero-order chi connectivity index (χ0) is 11.6. The summed E-state index contributed by atoms with van der Waals surface area (Å²) in [5, 5.41) is 3.30. The van der Waals surface area contributed by atoms with Crippen LogP contribution in [0.3, 0.4) is 0 Å². The first kappa shape index (κ1) is 10.9. The molecule has 0 atom stereocenters. The van der Waals surface area contributed by atoms with E-state index in [0.717, 1.165) is 23.4 Å². The number of fused-ring (bicyclic) bond motifs is 1. The summed E-state index contributed by atoms with van der Waals surface area (Å²) in [7, 11) is 0. The molecule has 1 aromatic carbocycles. The molecule has 2 aromatic rings. The molecule has 0 radical (unpaired) electrons. The fourth-order valence-corrected chi connectivity index (χ4v) is 1.40. The van der Waals surface area contributed by atoms with E-state index < -0.39 is 0 Å². The first-order valence-electron chi connectivity index (χ1n) is 5.50. The fourth-order valence-electron chi connectivity index (χ4n) is 1.40. The van der Waals surface area contributed by atoms with Crippen LogP contribution in [-0.4, -0.2) is 16.5 Å². The quantitative estimate of drug-likeness (QED) is 0.836. The highest BCUT2D eigenvalue weighted by atomic mass is 15.0. The van der Waals surface area contributed by atoms with Crippen LogP contribution in [0.5, 0.6) is 0 Å². The summed E-state index contributed by atoms with van der Waals surface area (Å²) in [6, 6.07) is 7.89. The van der Waals surface area contributed by atoms with Gasteiger partial charge in [-0.15, -0.1) is 0 Å². The lowest BCUT2D eigenvalue weighted by atomic mass is 9.97. The van der Waals surface area contributed by atoms with E-state index in [1.807, 2.05) is 24.3 Å². The van der Waals surface area contributed by atoms with Crippen molar-refractivity contribution in [1.82, 2.24) is 9.97 Å². The minimum absolute atomic E-state index is 0.243. The topological polar surface area (TPSA) is 37.8 Å². The predicted octanol–water partition coefficient (Wildman–Crippen LogP) is 3.09. The zero-order valence-electron chi connectivity index (χ0n) is 9.99. The van der Waals surface area contributed by atoms with E-state index in [0.29, 0.717) is 0 Å². The average Bonchev–Trinajstić information content (AvgIpc) is 2.25. The maximum atomic E-state index is 4.50. The van der Waals surface area contributed by atoms with E-state index in [2.05, 4.69) is 36.1 Å². The number of para-hydroxylation sites is 2. The Labute approximate surface area is 95.9 Å². The third-order valence-corrected chi connectivity index (χ3v) is 2.25. The predicted molar refractivity (Wildman–Crippen MR) is 67.5 cm³/mol. The van der Waals surface area contributed by atoms with Gasteiger partial charge >= 0.3 is 0 Å². The number of rotatable bonds is 2. The van der Waals surface area contributed by atoms with Crippen molar-refractivity contribution in [2.24, 2.45) is 5.41 Å². The lowest BCUT2D eigenvalue weighted by Crippen LogP contribution is -2.19. The first-order valence-corrected chi connectivity index (χ1v) is 5.50.